The number of anilines is 1. The van der Waals surface area contributed by atoms with Crippen molar-refractivity contribution in [1.29, 1.82) is 0 Å². The second-order valence-corrected chi connectivity index (χ2v) is 7.04. The van der Waals surface area contributed by atoms with Gasteiger partial charge in [0, 0.05) is 42.7 Å². The molecule has 0 spiro atoms. The van der Waals surface area contributed by atoms with Gasteiger partial charge in [0.05, 0.1) is 33.0 Å². The summed E-state index contributed by atoms with van der Waals surface area (Å²) in [6.45, 7) is 4.59. The van der Waals surface area contributed by atoms with Crippen molar-refractivity contribution in [2.24, 2.45) is 0 Å². The predicted octanol–water partition coefficient (Wildman–Crippen LogP) is 3.38. The molecule has 1 fully saturated rings. The van der Waals surface area contributed by atoms with Crippen molar-refractivity contribution in [3.8, 4) is 11.5 Å². The van der Waals surface area contributed by atoms with Crippen LogP contribution in [0.4, 0.5) is 5.82 Å². The van der Waals surface area contributed by atoms with E-state index in [9.17, 15) is 0 Å². The number of fused-ring (bicyclic) bond motifs is 1. The van der Waals surface area contributed by atoms with Crippen molar-refractivity contribution in [2.75, 3.05) is 45.4 Å². The fraction of sp³-hybridized carbons (Fsp3) is 0.348. The van der Waals surface area contributed by atoms with Crippen LogP contribution in [0.5, 0.6) is 11.5 Å². The fourth-order valence-electron chi connectivity index (χ4n) is 3.68. The monoisotopic (exact) mass is 393 g/mol. The summed E-state index contributed by atoms with van der Waals surface area (Å²) in [6, 6.07) is 16.4. The van der Waals surface area contributed by atoms with Crippen molar-refractivity contribution in [3.05, 3.63) is 59.7 Å². The van der Waals surface area contributed by atoms with Crippen LogP contribution in [0.1, 0.15) is 11.1 Å². The predicted molar refractivity (Wildman–Crippen MR) is 115 cm³/mol. The van der Waals surface area contributed by atoms with Crippen LogP contribution in [0.2, 0.25) is 0 Å². The second-order valence-electron chi connectivity index (χ2n) is 7.04. The Morgan fingerprint density at radius 2 is 1.76 bits per heavy atom. The topological polar surface area (TPSA) is 55.9 Å². The van der Waals surface area contributed by atoms with Crippen molar-refractivity contribution in [1.82, 2.24) is 10.3 Å². The van der Waals surface area contributed by atoms with Gasteiger partial charge in [-0.25, -0.2) is 4.98 Å². The molecule has 2 aromatic carbocycles. The summed E-state index contributed by atoms with van der Waals surface area (Å²) in [5.74, 6) is 2.71. The van der Waals surface area contributed by atoms with Gasteiger partial charge in [-0.3, -0.25) is 0 Å². The van der Waals surface area contributed by atoms with Crippen LogP contribution in [0, 0.1) is 0 Å². The van der Waals surface area contributed by atoms with Crippen molar-refractivity contribution < 1.29 is 14.2 Å². The third-order valence-electron chi connectivity index (χ3n) is 5.21. The molecule has 1 aromatic heterocycles. The lowest BCUT2D eigenvalue weighted by Crippen LogP contribution is -2.37. The molecule has 1 saturated heterocycles. The molecule has 1 aliphatic rings. The Hall–Kier alpha value is -2.83. The summed E-state index contributed by atoms with van der Waals surface area (Å²) in [6.07, 6.45) is 0. The molecule has 0 saturated carbocycles. The standard InChI is InChI=1S/C23H27N3O3/c1-27-20-7-8-22(28-2)18(14-20)15-24-16-19-13-17-5-3-4-6-21(17)25-23(19)26-9-11-29-12-10-26/h3-8,13-14,24H,9-12,15-16H2,1-2H3. The molecule has 6 heteroatoms. The normalized spacial score (nSPS) is 14.2. The van der Waals surface area contributed by atoms with Crippen molar-refractivity contribution in [3.63, 3.8) is 0 Å². The van der Waals surface area contributed by atoms with Crippen LogP contribution in [0.15, 0.2) is 48.5 Å². The van der Waals surface area contributed by atoms with Crippen molar-refractivity contribution in [2.45, 2.75) is 13.1 Å². The Bertz CT molecular complexity index is 971. The first kappa shape index (κ1) is 19.5. The zero-order chi connectivity index (χ0) is 20.1. The number of pyridine rings is 1. The smallest absolute Gasteiger partial charge is 0.133 e. The number of morpholine rings is 1. The van der Waals surface area contributed by atoms with Crippen LogP contribution in [-0.4, -0.2) is 45.5 Å². The molecule has 0 radical (unpaired) electrons. The highest BCUT2D eigenvalue weighted by Gasteiger charge is 2.17. The Kier molecular flexibility index (Phi) is 6.12. The summed E-state index contributed by atoms with van der Waals surface area (Å²) >= 11 is 0. The Labute approximate surface area is 171 Å². The van der Waals surface area contributed by atoms with Gasteiger partial charge < -0.3 is 24.4 Å². The van der Waals surface area contributed by atoms with Gasteiger partial charge >= 0.3 is 0 Å². The van der Waals surface area contributed by atoms with E-state index in [1.165, 1.54) is 5.56 Å². The van der Waals surface area contributed by atoms with E-state index >= 15 is 0 Å². The molecule has 4 rings (SSSR count). The molecular weight excluding hydrogens is 366 g/mol. The molecule has 0 bridgehead atoms. The maximum absolute atomic E-state index is 5.52. The third-order valence-corrected chi connectivity index (χ3v) is 5.21. The molecule has 0 amide bonds. The van der Waals surface area contributed by atoms with E-state index in [0.717, 1.165) is 60.1 Å². The number of nitrogens with zero attached hydrogens (tertiary/aromatic N) is 2. The van der Waals surface area contributed by atoms with Crippen molar-refractivity contribution >= 4 is 16.7 Å². The number of ether oxygens (including phenoxy) is 3. The molecule has 1 aliphatic heterocycles. The highest BCUT2D eigenvalue weighted by molar-refractivity contribution is 5.81. The lowest BCUT2D eigenvalue weighted by Gasteiger charge is -2.30. The van der Waals surface area contributed by atoms with Crippen LogP contribution in [0.3, 0.4) is 0 Å². The number of para-hydroxylation sites is 1. The Morgan fingerprint density at radius 1 is 0.966 bits per heavy atom. The number of hydrogen-bond donors (Lipinski definition) is 1. The number of aromatic nitrogens is 1. The zero-order valence-electron chi connectivity index (χ0n) is 17.0. The van der Waals surface area contributed by atoms with Gasteiger partial charge in [0.1, 0.15) is 17.3 Å². The molecule has 0 atom stereocenters. The van der Waals surface area contributed by atoms with Crippen LogP contribution in [-0.2, 0) is 17.8 Å². The second kappa shape index (κ2) is 9.11. The quantitative estimate of drug-likeness (QED) is 0.664. The Morgan fingerprint density at radius 3 is 2.55 bits per heavy atom. The number of nitrogens with one attached hydrogen (secondary N) is 1. The third kappa shape index (κ3) is 4.44. The first-order valence-electron chi connectivity index (χ1n) is 9.91. The molecular formula is C23H27N3O3. The molecule has 152 valence electrons. The molecule has 1 N–H and O–H groups in total. The van der Waals surface area contributed by atoms with E-state index in [4.69, 9.17) is 19.2 Å². The molecule has 2 heterocycles. The van der Waals surface area contributed by atoms with E-state index < -0.39 is 0 Å². The molecule has 0 unspecified atom stereocenters. The zero-order valence-corrected chi connectivity index (χ0v) is 17.0. The highest BCUT2D eigenvalue weighted by Crippen LogP contribution is 2.26. The summed E-state index contributed by atoms with van der Waals surface area (Å²) in [7, 11) is 3.36. The highest BCUT2D eigenvalue weighted by atomic mass is 16.5. The SMILES string of the molecule is COc1ccc(OC)c(CNCc2cc3ccccc3nc2N2CCOCC2)c1. The molecule has 29 heavy (non-hydrogen) atoms. The van der Waals surface area contributed by atoms with Gasteiger partial charge in [-0.05, 0) is 30.3 Å². The summed E-state index contributed by atoms with van der Waals surface area (Å²) < 4.78 is 16.4. The van der Waals surface area contributed by atoms with E-state index in [1.54, 1.807) is 14.2 Å². The van der Waals surface area contributed by atoms with Gasteiger partial charge in [-0.1, -0.05) is 18.2 Å². The summed E-state index contributed by atoms with van der Waals surface area (Å²) in [5.41, 5.74) is 3.27. The molecule has 3 aromatic rings. The number of benzene rings is 2. The molecule has 6 nitrogen and oxygen atoms in total. The maximum Gasteiger partial charge on any atom is 0.133 e. The van der Waals surface area contributed by atoms with Gasteiger partial charge in [0.25, 0.3) is 0 Å². The lowest BCUT2D eigenvalue weighted by atomic mass is 10.1. The van der Waals surface area contributed by atoms with Gasteiger partial charge in [-0.15, -0.1) is 0 Å². The summed E-state index contributed by atoms with van der Waals surface area (Å²) in [5, 5.41) is 4.71. The Balaban J connectivity index is 1.57. The number of methoxy groups -OCH3 is 2. The maximum atomic E-state index is 5.52. The number of rotatable bonds is 7. The van der Waals surface area contributed by atoms with Gasteiger partial charge in [-0.2, -0.15) is 0 Å². The van der Waals surface area contributed by atoms with Gasteiger partial charge in [0.15, 0.2) is 0 Å². The van der Waals surface area contributed by atoms with Crippen LogP contribution < -0.4 is 19.7 Å². The van der Waals surface area contributed by atoms with E-state index in [2.05, 4.69) is 34.5 Å². The van der Waals surface area contributed by atoms with Gasteiger partial charge in [0.2, 0.25) is 0 Å². The largest absolute Gasteiger partial charge is 0.497 e. The average molecular weight is 393 g/mol. The lowest BCUT2D eigenvalue weighted by molar-refractivity contribution is 0.122. The number of hydrogen-bond acceptors (Lipinski definition) is 6. The minimum absolute atomic E-state index is 0.676. The minimum Gasteiger partial charge on any atom is -0.497 e. The first-order valence-corrected chi connectivity index (χ1v) is 9.91. The first-order chi connectivity index (χ1) is 14.3. The average Bonchev–Trinajstić information content (AvgIpc) is 2.79. The fourth-order valence-corrected chi connectivity index (χ4v) is 3.68. The molecule has 0 aliphatic carbocycles. The minimum atomic E-state index is 0.676. The van der Waals surface area contributed by atoms with E-state index in [1.807, 2.05) is 24.3 Å². The van der Waals surface area contributed by atoms with Crippen LogP contribution >= 0.6 is 0 Å². The van der Waals surface area contributed by atoms with E-state index in [-0.39, 0.29) is 0 Å². The summed E-state index contributed by atoms with van der Waals surface area (Å²) in [4.78, 5) is 7.29. The van der Waals surface area contributed by atoms with E-state index in [0.29, 0.717) is 13.1 Å². The van der Waals surface area contributed by atoms with Crippen LogP contribution in [0.25, 0.3) is 10.9 Å².